The number of hydrogen-bond acceptors (Lipinski definition) is 3. The molecule has 9 rings (SSSR count). The lowest BCUT2D eigenvalue weighted by molar-refractivity contribution is -0.190. The third kappa shape index (κ3) is 17.0. The molecule has 9 aromatic carbocycles. The number of benzene rings is 9. The molecule has 24 heteroatoms. The van der Waals surface area contributed by atoms with Crippen LogP contribution < -0.4 is 14.2 Å². The Morgan fingerprint density at radius 2 is 0.505 bits per heavy atom. The molecule has 0 aliphatic rings. The topological polar surface area (TPSA) is 27.7 Å². The Hall–Kier alpha value is -9.09. The van der Waals surface area contributed by atoms with Gasteiger partial charge in [0.2, 0.25) is 0 Å². The second-order valence-corrected chi connectivity index (χ2v) is 20.1. The van der Waals surface area contributed by atoms with Gasteiger partial charge >= 0.3 is 18.3 Å². The molecular formula is C67H47F21O3. The largest absolute Gasteiger partial charge is 0.432 e. The molecule has 0 radical (unpaired) electrons. The lowest BCUT2D eigenvalue weighted by Gasteiger charge is -2.20. The van der Waals surface area contributed by atoms with Crippen molar-refractivity contribution in [1.82, 2.24) is 0 Å². The maximum atomic E-state index is 14.5. The number of halogens is 21. The van der Waals surface area contributed by atoms with E-state index in [-0.39, 0.29) is 53.1 Å². The molecule has 0 saturated heterocycles. The van der Waals surface area contributed by atoms with Crippen molar-refractivity contribution < 1.29 is 106 Å². The van der Waals surface area contributed by atoms with Gasteiger partial charge in [0.15, 0.2) is 52.4 Å². The van der Waals surface area contributed by atoms with E-state index < -0.39 is 140 Å². The van der Waals surface area contributed by atoms with Gasteiger partial charge < -0.3 is 14.2 Å². The lowest BCUT2D eigenvalue weighted by Crippen LogP contribution is -2.25. The average Bonchev–Trinajstić information content (AvgIpc) is 0.848. The van der Waals surface area contributed by atoms with Crippen molar-refractivity contribution in [3.8, 4) is 50.6 Å². The van der Waals surface area contributed by atoms with Gasteiger partial charge in [0.1, 0.15) is 68.8 Å². The molecule has 480 valence electrons. The van der Waals surface area contributed by atoms with Crippen LogP contribution in [0.2, 0.25) is 0 Å². The Balaban J connectivity index is 0.000000194. The Bertz CT molecular complexity index is 3890. The quantitative estimate of drug-likeness (QED) is 0.0459. The summed E-state index contributed by atoms with van der Waals surface area (Å²) in [5, 5.41) is 0. The highest BCUT2D eigenvalue weighted by molar-refractivity contribution is 5.67. The van der Waals surface area contributed by atoms with Crippen LogP contribution in [0.3, 0.4) is 0 Å². The summed E-state index contributed by atoms with van der Waals surface area (Å²) in [5.41, 5.74) is -0.893. The van der Waals surface area contributed by atoms with Gasteiger partial charge in [-0.2, -0.15) is 26.3 Å². The van der Waals surface area contributed by atoms with Crippen LogP contribution in [-0.2, 0) is 37.6 Å². The Morgan fingerprint density at radius 1 is 0.264 bits per heavy atom. The molecule has 0 aromatic heterocycles. The van der Waals surface area contributed by atoms with Crippen molar-refractivity contribution in [1.29, 1.82) is 0 Å². The second-order valence-electron chi connectivity index (χ2n) is 20.1. The fraction of sp³-hybridized carbons (Fsp3) is 0.194. The van der Waals surface area contributed by atoms with Crippen molar-refractivity contribution in [2.45, 2.75) is 84.0 Å². The minimum absolute atomic E-state index is 0.0149. The third-order valence-corrected chi connectivity index (χ3v) is 13.5. The highest BCUT2D eigenvalue weighted by Gasteiger charge is 2.44. The highest BCUT2D eigenvalue weighted by Crippen LogP contribution is 2.41. The van der Waals surface area contributed by atoms with Crippen LogP contribution in [0.15, 0.2) is 146 Å². The number of rotatable bonds is 19. The summed E-state index contributed by atoms with van der Waals surface area (Å²) in [6.07, 6.45) is -7.37. The lowest BCUT2D eigenvalue weighted by atomic mass is 9.99. The predicted molar refractivity (Wildman–Crippen MR) is 294 cm³/mol. The molecule has 0 aliphatic carbocycles. The molecule has 0 spiro atoms. The van der Waals surface area contributed by atoms with E-state index in [0.29, 0.717) is 53.1 Å². The van der Waals surface area contributed by atoms with E-state index in [9.17, 15) is 92.2 Å². The van der Waals surface area contributed by atoms with Crippen molar-refractivity contribution in [3.05, 3.63) is 266 Å². The molecule has 0 aliphatic heterocycles. The molecular weight excluding hydrogens is 1250 g/mol. The molecule has 0 heterocycles. The van der Waals surface area contributed by atoms with Crippen molar-refractivity contribution in [2.24, 2.45) is 0 Å². The van der Waals surface area contributed by atoms with Crippen molar-refractivity contribution in [3.63, 3.8) is 0 Å². The van der Waals surface area contributed by atoms with E-state index in [4.69, 9.17) is 0 Å². The summed E-state index contributed by atoms with van der Waals surface area (Å²) in [7, 11) is 0. The van der Waals surface area contributed by atoms with E-state index >= 15 is 0 Å². The molecule has 0 fully saturated rings. The van der Waals surface area contributed by atoms with Gasteiger partial charge in [-0.15, -0.1) is 0 Å². The standard InChI is InChI=1S/C24H19F7O.C22H15F7O.C21H13F7O/c1-2-3-4-5-14-6-8-15(9-7-14)16-10-18(25)22(19(26)11-16)24(30,31)32-17-12-20(27)23(29)21(28)13-17;1-2-3-12-4-6-13(7-5-12)14-8-16(23)20(17(24)9-14)22(28,29)30-15-10-18(25)21(27)19(26)11-15;1-2-11-3-5-12(6-4-11)13-7-15(22)19(16(23)8-13)21(27,28)29-14-9-17(24)20(26)18(25)10-14/h6-13H,2-5H2,1H3;4-11H,2-3H2,1H3;3-10H,2H2,1H3. The summed E-state index contributed by atoms with van der Waals surface area (Å²) >= 11 is 0. The third-order valence-electron chi connectivity index (χ3n) is 13.5. The van der Waals surface area contributed by atoms with E-state index in [0.717, 1.165) is 61.6 Å². The zero-order valence-corrected chi connectivity index (χ0v) is 47.5. The molecule has 0 bridgehead atoms. The molecule has 0 unspecified atom stereocenters. The minimum Gasteiger partial charge on any atom is -0.429 e. The Kier molecular flexibility index (Phi) is 22.3. The first-order valence-electron chi connectivity index (χ1n) is 27.3. The van der Waals surface area contributed by atoms with Gasteiger partial charge in [0.25, 0.3) is 0 Å². The number of aryl methyl sites for hydroxylation is 3. The maximum absolute atomic E-state index is 14.5. The van der Waals surface area contributed by atoms with Crippen LogP contribution >= 0.6 is 0 Å². The average molecular weight is 1300 g/mol. The second kappa shape index (κ2) is 29.2. The summed E-state index contributed by atoms with van der Waals surface area (Å²) in [6, 6.07) is 25.4. The maximum Gasteiger partial charge on any atom is 0.432 e. The normalized spacial score (nSPS) is 11.6. The molecule has 91 heavy (non-hydrogen) atoms. The van der Waals surface area contributed by atoms with E-state index in [1.54, 1.807) is 72.8 Å². The van der Waals surface area contributed by atoms with Crippen LogP contribution in [-0.4, -0.2) is 0 Å². The summed E-state index contributed by atoms with van der Waals surface area (Å²) in [4.78, 5) is 0. The van der Waals surface area contributed by atoms with E-state index in [1.165, 1.54) is 0 Å². The first-order chi connectivity index (χ1) is 42.9. The first kappa shape index (κ1) is 69.4. The van der Waals surface area contributed by atoms with Gasteiger partial charge in [-0.25, -0.2) is 65.9 Å². The van der Waals surface area contributed by atoms with Crippen molar-refractivity contribution in [2.75, 3.05) is 0 Å². The monoisotopic (exact) mass is 1300 g/mol. The minimum atomic E-state index is -4.62. The smallest absolute Gasteiger partial charge is 0.429 e. The Labute approximate surface area is 505 Å². The zero-order valence-electron chi connectivity index (χ0n) is 47.5. The highest BCUT2D eigenvalue weighted by atomic mass is 19.3. The van der Waals surface area contributed by atoms with E-state index in [2.05, 4.69) is 21.1 Å². The van der Waals surface area contributed by atoms with Crippen LogP contribution in [0.4, 0.5) is 92.2 Å². The fourth-order valence-corrected chi connectivity index (χ4v) is 8.95. The summed E-state index contributed by atoms with van der Waals surface area (Å²) in [6.45, 7) is 6.00. The van der Waals surface area contributed by atoms with Gasteiger partial charge in [-0.3, -0.25) is 0 Å². The van der Waals surface area contributed by atoms with Gasteiger partial charge in [0, 0.05) is 36.4 Å². The summed E-state index contributed by atoms with van der Waals surface area (Å²) < 4.78 is 303. The van der Waals surface area contributed by atoms with Crippen molar-refractivity contribution >= 4 is 0 Å². The Morgan fingerprint density at radius 3 is 0.736 bits per heavy atom. The predicted octanol–water partition coefficient (Wildman–Crippen LogP) is 21.8. The van der Waals surface area contributed by atoms with Gasteiger partial charge in [-0.1, -0.05) is 113 Å². The number of ether oxygens (including phenoxy) is 3. The van der Waals surface area contributed by atoms with Crippen LogP contribution in [0.5, 0.6) is 17.2 Å². The zero-order chi connectivity index (χ0) is 66.9. The first-order valence-corrected chi connectivity index (χ1v) is 27.3. The molecule has 0 amide bonds. The van der Waals surface area contributed by atoms with Crippen LogP contribution in [0, 0.1) is 87.3 Å². The number of hydrogen-bond donors (Lipinski definition) is 0. The molecule has 0 saturated carbocycles. The summed E-state index contributed by atoms with van der Waals surface area (Å²) in [5.74, 6) is -29.5. The SMILES string of the molecule is CCCCCc1ccc(-c2cc(F)c(C(F)(F)Oc3cc(F)c(F)c(F)c3)c(F)c2)cc1.CCCc1ccc(-c2cc(F)c(C(F)(F)Oc3cc(F)c(F)c(F)c3)c(F)c2)cc1.CCc1ccc(-c2cc(F)c(C(F)(F)Oc3cc(F)c(F)c(F)c3)c(F)c2)cc1. The van der Waals surface area contributed by atoms with Crippen LogP contribution in [0.1, 0.15) is 79.8 Å². The molecule has 0 atom stereocenters. The number of alkyl halides is 6. The molecule has 0 N–H and O–H groups in total. The fourth-order valence-electron chi connectivity index (χ4n) is 8.95. The number of unbranched alkanes of at least 4 members (excludes halogenated alkanes) is 2. The van der Waals surface area contributed by atoms with Gasteiger partial charge in [-0.05, 0) is 112 Å². The molecule has 3 nitrogen and oxygen atoms in total. The van der Waals surface area contributed by atoms with Gasteiger partial charge in [0.05, 0.1) is 0 Å². The van der Waals surface area contributed by atoms with Crippen LogP contribution in [0.25, 0.3) is 33.4 Å². The van der Waals surface area contributed by atoms with E-state index in [1.807, 2.05) is 13.8 Å². The molecule has 9 aromatic rings.